The molecule has 0 fully saturated rings. The predicted octanol–water partition coefficient (Wildman–Crippen LogP) is 3.84. The number of aryl methyl sites for hydroxylation is 1. The Bertz CT molecular complexity index is 1520. The van der Waals surface area contributed by atoms with Gasteiger partial charge in [0.1, 0.15) is 5.82 Å². The number of aromatic amines is 1. The Morgan fingerprint density at radius 1 is 1.22 bits per heavy atom. The summed E-state index contributed by atoms with van der Waals surface area (Å²) in [6, 6.07) is 12.6. The first kappa shape index (κ1) is 21.5. The normalized spacial score (nSPS) is 11.8. The SMILES string of the molecule is Cc1cc2[nH]c(=O)n(-c3ccc(C(=O)NC(C#N)c4ccc(Cl)s4)cc3)c(=O)c2cc1F. The smallest absolute Gasteiger partial charge is 0.332 e. The van der Waals surface area contributed by atoms with Gasteiger partial charge >= 0.3 is 5.69 Å². The highest BCUT2D eigenvalue weighted by Gasteiger charge is 2.18. The molecule has 0 radical (unpaired) electrons. The molecule has 1 unspecified atom stereocenters. The van der Waals surface area contributed by atoms with Crippen molar-refractivity contribution in [2.24, 2.45) is 0 Å². The summed E-state index contributed by atoms with van der Waals surface area (Å²) in [5.41, 5.74) is -0.395. The molecular weight excluding hydrogens is 455 g/mol. The fraction of sp³-hybridized carbons (Fsp3) is 0.0909. The van der Waals surface area contributed by atoms with Gasteiger partial charge in [-0.05, 0) is 61.0 Å². The zero-order valence-electron chi connectivity index (χ0n) is 16.5. The van der Waals surface area contributed by atoms with Crippen LogP contribution < -0.4 is 16.6 Å². The summed E-state index contributed by atoms with van der Waals surface area (Å²) < 4.78 is 15.3. The van der Waals surface area contributed by atoms with Crippen molar-refractivity contribution in [3.8, 4) is 11.8 Å². The molecule has 10 heteroatoms. The highest BCUT2D eigenvalue weighted by molar-refractivity contribution is 7.16. The van der Waals surface area contributed by atoms with E-state index in [1.807, 2.05) is 6.07 Å². The molecule has 7 nitrogen and oxygen atoms in total. The van der Waals surface area contributed by atoms with Crippen molar-refractivity contribution in [1.29, 1.82) is 5.26 Å². The second-order valence-corrected chi connectivity index (χ2v) is 8.69. The van der Waals surface area contributed by atoms with E-state index in [2.05, 4.69) is 10.3 Å². The van der Waals surface area contributed by atoms with Crippen LogP contribution in [0.5, 0.6) is 0 Å². The van der Waals surface area contributed by atoms with E-state index in [1.165, 1.54) is 48.6 Å². The third-order valence-electron chi connectivity index (χ3n) is 4.85. The molecule has 4 aromatic rings. The first-order chi connectivity index (χ1) is 15.3. The highest BCUT2D eigenvalue weighted by atomic mass is 35.5. The average molecular weight is 469 g/mol. The number of fused-ring (bicyclic) bond motifs is 1. The van der Waals surface area contributed by atoms with Gasteiger partial charge in [-0.25, -0.2) is 13.8 Å². The summed E-state index contributed by atoms with van der Waals surface area (Å²) in [6.45, 7) is 1.53. The Hall–Kier alpha value is -3.74. The number of nitriles is 1. The minimum absolute atomic E-state index is 0.0287. The molecule has 0 aliphatic heterocycles. The van der Waals surface area contributed by atoms with Crippen molar-refractivity contribution < 1.29 is 9.18 Å². The summed E-state index contributed by atoms with van der Waals surface area (Å²) in [4.78, 5) is 41.0. The number of hydrogen-bond acceptors (Lipinski definition) is 5. The summed E-state index contributed by atoms with van der Waals surface area (Å²) in [5, 5.41) is 12.0. The van der Waals surface area contributed by atoms with Crippen LogP contribution in [0.15, 0.2) is 58.1 Å². The molecule has 2 heterocycles. The number of hydrogen-bond donors (Lipinski definition) is 2. The molecule has 0 aliphatic rings. The van der Waals surface area contributed by atoms with Crippen molar-refractivity contribution in [3.05, 3.63) is 95.5 Å². The number of benzene rings is 2. The Kier molecular flexibility index (Phi) is 5.65. The van der Waals surface area contributed by atoms with E-state index in [4.69, 9.17) is 11.6 Å². The lowest BCUT2D eigenvalue weighted by Crippen LogP contribution is -2.33. The van der Waals surface area contributed by atoms with Gasteiger partial charge < -0.3 is 10.3 Å². The van der Waals surface area contributed by atoms with E-state index in [1.54, 1.807) is 12.1 Å². The Labute approximate surface area is 189 Å². The molecule has 2 N–H and O–H groups in total. The van der Waals surface area contributed by atoms with Crippen molar-refractivity contribution in [3.63, 3.8) is 0 Å². The monoisotopic (exact) mass is 468 g/mol. The molecule has 1 amide bonds. The maximum absolute atomic E-state index is 13.9. The van der Waals surface area contributed by atoms with Crippen LogP contribution >= 0.6 is 22.9 Å². The van der Waals surface area contributed by atoms with Crippen LogP contribution in [0.25, 0.3) is 16.6 Å². The van der Waals surface area contributed by atoms with Gasteiger partial charge in [-0.1, -0.05) is 11.6 Å². The number of carbonyl (C=O) groups excluding carboxylic acids is 1. The van der Waals surface area contributed by atoms with Crippen LogP contribution in [0.4, 0.5) is 4.39 Å². The topological polar surface area (TPSA) is 108 Å². The van der Waals surface area contributed by atoms with Gasteiger partial charge in [0.05, 0.1) is 27.0 Å². The number of amides is 1. The maximum atomic E-state index is 13.9. The molecule has 2 aromatic carbocycles. The van der Waals surface area contributed by atoms with Crippen LogP contribution in [0.1, 0.15) is 26.8 Å². The molecule has 0 saturated heterocycles. The Morgan fingerprint density at radius 2 is 1.94 bits per heavy atom. The van der Waals surface area contributed by atoms with Gasteiger partial charge in [0.25, 0.3) is 11.5 Å². The van der Waals surface area contributed by atoms with Gasteiger partial charge in [0.15, 0.2) is 6.04 Å². The lowest BCUT2D eigenvalue weighted by Gasteiger charge is -2.11. The van der Waals surface area contributed by atoms with E-state index in [0.29, 0.717) is 14.8 Å². The molecule has 4 rings (SSSR count). The second-order valence-electron chi connectivity index (χ2n) is 6.94. The first-order valence-electron chi connectivity index (χ1n) is 9.30. The van der Waals surface area contributed by atoms with E-state index < -0.39 is 29.0 Å². The summed E-state index contributed by atoms with van der Waals surface area (Å²) in [6.07, 6.45) is 0. The molecule has 160 valence electrons. The van der Waals surface area contributed by atoms with Crippen LogP contribution in [0, 0.1) is 24.1 Å². The van der Waals surface area contributed by atoms with Crippen LogP contribution in [-0.2, 0) is 0 Å². The molecule has 0 bridgehead atoms. The number of carbonyl (C=O) groups is 1. The van der Waals surface area contributed by atoms with E-state index in [9.17, 15) is 24.0 Å². The molecule has 0 aliphatic carbocycles. The minimum Gasteiger partial charge on any atom is -0.332 e. The molecule has 32 heavy (non-hydrogen) atoms. The van der Waals surface area contributed by atoms with Gasteiger partial charge in [0.2, 0.25) is 0 Å². The summed E-state index contributed by atoms with van der Waals surface area (Å²) in [5.74, 6) is -1.07. The molecule has 2 aromatic heterocycles. The number of nitrogens with one attached hydrogen (secondary N) is 2. The largest absolute Gasteiger partial charge is 0.333 e. The maximum Gasteiger partial charge on any atom is 0.333 e. The fourth-order valence-corrected chi connectivity index (χ4v) is 4.26. The number of halogens is 2. The van der Waals surface area contributed by atoms with Crippen LogP contribution in [0.3, 0.4) is 0 Å². The van der Waals surface area contributed by atoms with E-state index in [0.717, 1.165) is 10.6 Å². The fourth-order valence-electron chi connectivity index (χ4n) is 3.21. The van der Waals surface area contributed by atoms with E-state index in [-0.39, 0.29) is 22.2 Å². The number of rotatable bonds is 4. The average Bonchev–Trinajstić information content (AvgIpc) is 3.20. The van der Waals surface area contributed by atoms with Gasteiger partial charge in [-0.3, -0.25) is 9.59 Å². The number of H-pyrrole nitrogens is 1. The lowest BCUT2D eigenvalue weighted by atomic mass is 10.1. The molecule has 1 atom stereocenters. The number of aromatic nitrogens is 2. The van der Waals surface area contributed by atoms with Crippen molar-refractivity contribution in [1.82, 2.24) is 14.9 Å². The molecule has 0 spiro atoms. The first-order valence-corrected chi connectivity index (χ1v) is 10.5. The van der Waals surface area contributed by atoms with Crippen molar-refractivity contribution in [2.45, 2.75) is 13.0 Å². The lowest BCUT2D eigenvalue weighted by molar-refractivity contribution is 0.0945. The summed E-state index contributed by atoms with van der Waals surface area (Å²) >= 11 is 7.08. The quantitative estimate of drug-likeness (QED) is 0.474. The highest BCUT2D eigenvalue weighted by Crippen LogP contribution is 2.26. The Morgan fingerprint density at radius 3 is 2.56 bits per heavy atom. The van der Waals surface area contributed by atoms with Crippen molar-refractivity contribution in [2.75, 3.05) is 0 Å². The molecular formula is C22H14ClFN4O3S. The number of nitrogens with zero attached hydrogens (tertiary/aromatic N) is 2. The standard InChI is InChI=1S/C22H14ClFN4O3S/c1-11-8-16-14(9-15(11)24)21(30)28(22(31)27-16)13-4-2-12(3-5-13)20(29)26-17(10-25)18-6-7-19(23)32-18/h2-9,17H,1H3,(H,26,29)(H,27,31). The number of thiophene rings is 1. The zero-order valence-corrected chi connectivity index (χ0v) is 18.1. The predicted molar refractivity (Wildman–Crippen MR) is 120 cm³/mol. The van der Waals surface area contributed by atoms with E-state index >= 15 is 0 Å². The zero-order chi connectivity index (χ0) is 23.0. The third-order valence-corrected chi connectivity index (χ3v) is 6.14. The minimum atomic E-state index is -0.871. The van der Waals surface area contributed by atoms with Gasteiger partial charge in [0, 0.05) is 10.4 Å². The van der Waals surface area contributed by atoms with Gasteiger partial charge in [-0.2, -0.15) is 5.26 Å². The van der Waals surface area contributed by atoms with Gasteiger partial charge in [-0.15, -0.1) is 11.3 Å². The summed E-state index contributed by atoms with van der Waals surface area (Å²) in [7, 11) is 0. The molecule has 0 saturated carbocycles. The third kappa shape index (κ3) is 3.93. The van der Waals surface area contributed by atoms with Crippen molar-refractivity contribution >= 4 is 39.7 Å². The van der Waals surface area contributed by atoms with Crippen LogP contribution in [-0.4, -0.2) is 15.5 Å². The second kappa shape index (κ2) is 8.42. The van der Waals surface area contributed by atoms with Crippen LogP contribution in [0.2, 0.25) is 4.34 Å². The Balaban J connectivity index is 1.65.